The first kappa shape index (κ1) is 31.9. The molecule has 0 spiro atoms. The molecule has 0 bridgehead atoms. The maximum Gasteiger partial charge on any atom is 0.0491 e. The van der Waals surface area contributed by atoms with Gasteiger partial charge in [0.15, 0.2) is 0 Å². The predicted molar refractivity (Wildman–Crippen MR) is 204 cm³/mol. The quantitative estimate of drug-likeness (QED) is 0.160. The maximum atomic E-state index is 2.41. The summed E-state index contributed by atoms with van der Waals surface area (Å²) in [6, 6.07) is 47.0. The highest BCUT2D eigenvalue weighted by atomic mass is 15.1. The van der Waals surface area contributed by atoms with Crippen LogP contribution < -0.4 is 9.80 Å². The van der Waals surface area contributed by atoms with Crippen molar-refractivity contribution in [1.29, 1.82) is 0 Å². The summed E-state index contributed by atoms with van der Waals surface area (Å²) in [7, 11) is 0. The Kier molecular flexibility index (Phi) is 9.31. The monoisotopic (exact) mass is 614 g/mol. The van der Waals surface area contributed by atoms with Crippen LogP contribution in [0.3, 0.4) is 0 Å². The molecule has 6 aromatic rings. The minimum absolute atomic E-state index is 1.11. The molecule has 47 heavy (non-hydrogen) atoms. The second-order valence-corrected chi connectivity index (χ2v) is 13.1. The van der Waals surface area contributed by atoms with Crippen LogP contribution >= 0.6 is 0 Å². The fraction of sp³-hybridized carbons (Fsp3) is 0.200. The van der Waals surface area contributed by atoms with Crippen molar-refractivity contribution < 1.29 is 0 Å². The van der Waals surface area contributed by atoms with E-state index in [4.69, 9.17) is 0 Å². The topological polar surface area (TPSA) is 6.48 Å². The van der Waals surface area contributed by atoms with Crippen LogP contribution in [0, 0.1) is 41.5 Å². The van der Waals surface area contributed by atoms with Crippen LogP contribution in [-0.4, -0.2) is 0 Å². The average Bonchev–Trinajstić information content (AvgIpc) is 3.04. The van der Waals surface area contributed by atoms with Gasteiger partial charge in [0.2, 0.25) is 0 Å². The zero-order valence-corrected chi connectivity index (χ0v) is 28.9. The zero-order valence-electron chi connectivity index (χ0n) is 28.9. The SMILES string of the molecule is CCCc1ccc(N(c2cccc(C)c2)c2ccc(-c3ccc(N(c4cccc(C)c4)c4cccc(C)c4)c(C)c3)cc2C)cc1C. The van der Waals surface area contributed by atoms with Crippen molar-refractivity contribution in [3.8, 4) is 11.1 Å². The summed E-state index contributed by atoms with van der Waals surface area (Å²) < 4.78 is 0. The standard InChI is InChI=1S/C45H46N2/c1-8-12-37-19-22-43(30-34(37)5)47(42-18-11-15-33(4)27-42)45-24-21-39(29-36(45)7)38-20-23-44(35(6)28-38)46(40-16-9-13-31(2)25-40)41-17-10-14-32(3)26-41/h9-11,13-30H,8,12H2,1-7H3. The van der Waals surface area contributed by atoms with E-state index in [0.717, 1.165) is 12.8 Å². The largest absolute Gasteiger partial charge is 0.310 e. The van der Waals surface area contributed by atoms with E-state index in [2.05, 4.69) is 186 Å². The lowest BCUT2D eigenvalue weighted by atomic mass is 9.98. The van der Waals surface area contributed by atoms with Gasteiger partial charge in [-0.1, -0.05) is 67.9 Å². The van der Waals surface area contributed by atoms with Crippen LogP contribution in [0.25, 0.3) is 11.1 Å². The lowest BCUT2D eigenvalue weighted by Gasteiger charge is -2.29. The third kappa shape index (κ3) is 6.88. The molecule has 236 valence electrons. The second kappa shape index (κ2) is 13.7. The molecule has 0 aliphatic heterocycles. The van der Waals surface area contributed by atoms with Crippen molar-refractivity contribution in [3.05, 3.63) is 166 Å². The maximum absolute atomic E-state index is 2.41. The van der Waals surface area contributed by atoms with Crippen molar-refractivity contribution in [2.24, 2.45) is 0 Å². The Balaban J connectivity index is 1.39. The Bertz CT molecular complexity index is 1990. The van der Waals surface area contributed by atoms with Gasteiger partial charge >= 0.3 is 0 Å². The number of hydrogen-bond acceptors (Lipinski definition) is 2. The molecule has 2 heteroatoms. The fourth-order valence-corrected chi connectivity index (χ4v) is 6.70. The van der Waals surface area contributed by atoms with Gasteiger partial charge in [-0.05, 0) is 171 Å². The number of anilines is 6. The molecule has 0 amide bonds. The molecule has 0 aromatic heterocycles. The van der Waals surface area contributed by atoms with E-state index >= 15 is 0 Å². The van der Waals surface area contributed by atoms with Crippen molar-refractivity contribution in [2.75, 3.05) is 9.80 Å². The molecule has 0 heterocycles. The Morgan fingerprint density at radius 2 is 0.830 bits per heavy atom. The van der Waals surface area contributed by atoms with E-state index in [0.29, 0.717) is 0 Å². The second-order valence-electron chi connectivity index (χ2n) is 13.1. The molecule has 0 saturated carbocycles. The minimum atomic E-state index is 1.11. The third-order valence-electron chi connectivity index (χ3n) is 9.09. The molecular weight excluding hydrogens is 569 g/mol. The summed E-state index contributed by atoms with van der Waals surface area (Å²) in [6.07, 6.45) is 2.26. The smallest absolute Gasteiger partial charge is 0.0491 e. The normalized spacial score (nSPS) is 11.0. The molecule has 6 aromatic carbocycles. The van der Waals surface area contributed by atoms with Crippen LogP contribution in [0.5, 0.6) is 0 Å². The van der Waals surface area contributed by atoms with Crippen molar-refractivity contribution in [1.82, 2.24) is 0 Å². The zero-order chi connectivity index (χ0) is 33.1. The molecule has 0 aliphatic carbocycles. The molecule has 0 unspecified atom stereocenters. The summed E-state index contributed by atoms with van der Waals surface area (Å²) in [6.45, 7) is 15.4. The molecule has 0 radical (unpaired) electrons. The predicted octanol–water partition coefficient (Wildman–Crippen LogP) is 13.1. The Labute approximate surface area is 282 Å². The lowest BCUT2D eigenvalue weighted by molar-refractivity contribution is 0.912. The molecule has 2 nitrogen and oxygen atoms in total. The van der Waals surface area contributed by atoms with Crippen LogP contribution in [0.15, 0.2) is 127 Å². The molecule has 0 atom stereocenters. The number of rotatable bonds is 9. The van der Waals surface area contributed by atoms with Gasteiger partial charge in [0, 0.05) is 34.1 Å². The van der Waals surface area contributed by atoms with Gasteiger partial charge < -0.3 is 9.80 Å². The number of aryl methyl sites for hydroxylation is 7. The van der Waals surface area contributed by atoms with E-state index in [1.807, 2.05) is 0 Å². The van der Waals surface area contributed by atoms with E-state index in [9.17, 15) is 0 Å². The van der Waals surface area contributed by atoms with E-state index < -0.39 is 0 Å². The minimum Gasteiger partial charge on any atom is -0.310 e. The number of benzene rings is 6. The van der Waals surface area contributed by atoms with E-state index in [1.54, 1.807) is 0 Å². The first-order chi connectivity index (χ1) is 22.7. The van der Waals surface area contributed by atoms with Crippen LogP contribution in [0.2, 0.25) is 0 Å². The molecule has 0 saturated heterocycles. The average molecular weight is 615 g/mol. The van der Waals surface area contributed by atoms with Gasteiger partial charge in [-0.15, -0.1) is 0 Å². The van der Waals surface area contributed by atoms with Crippen LogP contribution in [-0.2, 0) is 6.42 Å². The highest BCUT2D eigenvalue weighted by Gasteiger charge is 2.18. The Morgan fingerprint density at radius 1 is 0.404 bits per heavy atom. The van der Waals surface area contributed by atoms with E-state index in [1.165, 1.54) is 84.2 Å². The van der Waals surface area contributed by atoms with Gasteiger partial charge in [0.1, 0.15) is 0 Å². The van der Waals surface area contributed by atoms with E-state index in [-0.39, 0.29) is 0 Å². The summed E-state index contributed by atoms with van der Waals surface area (Å²) in [5.74, 6) is 0. The van der Waals surface area contributed by atoms with Gasteiger partial charge in [-0.2, -0.15) is 0 Å². The van der Waals surface area contributed by atoms with Gasteiger partial charge in [0.25, 0.3) is 0 Å². The Morgan fingerprint density at radius 3 is 1.19 bits per heavy atom. The van der Waals surface area contributed by atoms with Crippen LogP contribution in [0.1, 0.15) is 52.3 Å². The highest BCUT2D eigenvalue weighted by Crippen LogP contribution is 2.41. The van der Waals surface area contributed by atoms with Gasteiger partial charge in [-0.3, -0.25) is 0 Å². The first-order valence-corrected chi connectivity index (χ1v) is 16.8. The lowest BCUT2D eigenvalue weighted by Crippen LogP contribution is -2.12. The third-order valence-corrected chi connectivity index (χ3v) is 9.09. The fourth-order valence-electron chi connectivity index (χ4n) is 6.70. The van der Waals surface area contributed by atoms with Gasteiger partial charge in [0.05, 0.1) is 0 Å². The summed E-state index contributed by atoms with van der Waals surface area (Å²) in [5.41, 5.74) is 18.5. The molecule has 0 aliphatic rings. The Hall–Kier alpha value is -5.08. The molecule has 6 rings (SSSR count). The molecular formula is C45H46N2. The van der Waals surface area contributed by atoms with Crippen LogP contribution in [0.4, 0.5) is 34.1 Å². The highest BCUT2D eigenvalue weighted by molar-refractivity contribution is 5.83. The molecule has 0 N–H and O–H groups in total. The van der Waals surface area contributed by atoms with Crippen molar-refractivity contribution in [2.45, 2.75) is 61.3 Å². The number of nitrogens with zero attached hydrogens (tertiary/aromatic N) is 2. The summed E-state index contributed by atoms with van der Waals surface area (Å²) in [4.78, 5) is 4.78. The summed E-state index contributed by atoms with van der Waals surface area (Å²) in [5, 5.41) is 0. The molecule has 0 fully saturated rings. The number of hydrogen-bond donors (Lipinski definition) is 0. The first-order valence-electron chi connectivity index (χ1n) is 16.8. The van der Waals surface area contributed by atoms with Crippen molar-refractivity contribution in [3.63, 3.8) is 0 Å². The van der Waals surface area contributed by atoms with Crippen molar-refractivity contribution >= 4 is 34.1 Å². The van der Waals surface area contributed by atoms with Gasteiger partial charge in [-0.25, -0.2) is 0 Å². The summed E-state index contributed by atoms with van der Waals surface area (Å²) >= 11 is 0.